The highest BCUT2D eigenvalue weighted by Gasteiger charge is 2.43. The Morgan fingerprint density at radius 1 is 1.47 bits per heavy atom. The van der Waals surface area contributed by atoms with Crippen LogP contribution in [0.1, 0.15) is 6.23 Å². The highest BCUT2D eigenvalue weighted by Crippen LogP contribution is 2.28. The zero-order valence-corrected chi connectivity index (χ0v) is 7.76. The fraction of sp³-hybridized carbons (Fsp3) is 0.714. The highest BCUT2D eigenvalue weighted by molar-refractivity contribution is 5.09. The van der Waals surface area contributed by atoms with Crippen molar-refractivity contribution in [2.45, 2.75) is 24.5 Å². The Hall–Kier alpha value is -1.22. The van der Waals surface area contributed by atoms with Gasteiger partial charge in [0.25, 0.3) is 0 Å². The zero-order valence-electron chi connectivity index (χ0n) is 7.76. The Morgan fingerprint density at radius 2 is 2.20 bits per heavy atom. The number of ether oxygens (including phenoxy) is 1. The monoisotopic (exact) mass is 216 g/mol. The minimum atomic E-state index is -1.16. The van der Waals surface area contributed by atoms with E-state index in [0.29, 0.717) is 0 Å². The maximum atomic E-state index is 9.61. The maximum Gasteiger partial charge on any atom is 0.239 e. The number of hydrogen-bond donors (Lipinski definition) is 4. The summed E-state index contributed by atoms with van der Waals surface area (Å²) in [5.74, 6) is 0.0488. The topological polar surface area (TPSA) is 127 Å². The first-order valence-electron chi connectivity index (χ1n) is 4.42. The molecule has 2 heterocycles. The van der Waals surface area contributed by atoms with Crippen LogP contribution in [0.4, 0.5) is 5.95 Å². The number of nitrogens with zero attached hydrogens (tertiary/aromatic N) is 3. The molecule has 0 amide bonds. The molecule has 2 unspecified atom stereocenters. The van der Waals surface area contributed by atoms with E-state index in [-0.39, 0.29) is 12.6 Å². The molecule has 0 radical (unpaired) electrons. The molecule has 0 aliphatic carbocycles. The second-order valence-corrected chi connectivity index (χ2v) is 3.31. The standard InChI is InChI=1S/C7H12N4O4/c8-7-9-2-11(10-7)6-5(14)4(13)3(1-12)15-6/h2-6,12-14H,1H2,(H2,8,10)/t3-,4?,5?,6-/m1/s1. The van der Waals surface area contributed by atoms with Gasteiger partial charge < -0.3 is 25.8 Å². The smallest absolute Gasteiger partial charge is 0.239 e. The minimum Gasteiger partial charge on any atom is -0.394 e. The van der Waals surface area contributed by atoms with Crippen LogP contribution >= 0.6 is 0 Å². The Morgan fingerprint density at radius 3 is 2.67 bits per heavy atom. The summed E-state index contributed by atoms with van der Waals surface area (Å²) < 4.78 is 6.40. The predicted molar refractivity (Wildman–Crippen MR) is 47.4 cm³/mol. The molecule has 1 aromatic rings. The van der Waals surface area contributed by atoms with E-state index in [9.17, 15) is 10.2 Å². The van der Waals surface area contributed by atoms with Crippen molar-refractivity contribution >= 4 is 5.95 Å². The Bertz CT molecular complexity index is 343. The lowest BCUT2D eigenvalue weighted by molar-refractivity contribution is -0.0586. The number of aromatic nitrogens is 3. The lowest BCUT2D eigenvalue weighted by Crippen LogP contribution is -2.33. The van der Waals surface area contributed by atoms with Crippen molar-refractivity contribution < 1.29 is 20.1 Å². The van der Waals surface area contributed by atoms with Gasteiger partial charge in [-0.1, -0.05) is 0 Å². The van der Waals surface area contributed by atoms with Gasteiger partial charge in [-0.2, -0.15) is 0 Å². The number of hydrogen-bond acceptors (Lipinski definition) is 7. The molecule has 1 aliphatic rings. The van der Waals surface area contributed by atoms with Crippen molar-refractivity contribution in [1.82, 2.24) is 14.8 Å². The van der Waals surface area contributed by atoms with Gasteiger partial charge in [-0.3, -0.25) is 0 Å². The first-order valence-corrected chi connectivity index (χ1v) is 4.42. The molecule has 84 valence electrons. The van der Waals surface area contributed by atoms with Crippen molar-refractivity contribution in [1.29, 1.82) is 0 Å². The fourth-order valence-electron chi connectivity index (χ4n) is 1.51. The molecule has 4 atom stereocenters. The molecule has 0 bridgehead atoms. The number of anilines is 1. The SMILES string of the molecule is Nc1ncn([C@@H]2O[C@H](CO)C(O)C2O)n1. The normalized spacial score (nSPS) is 35.9. The molecule has 1 aliphatic heterocycles. The summed E-state index contributed by atoms with van der Waals surface area (Å²) in [6.45, 7) is -0.376. The second kappa shape index (κ2) is 3.74. The van der Waals surface area contributed by atoms with E-state index in [1.807, 2.05) is 0 Å². The van der Waals surface area contributed by atoms with Crippen LogP contribution in [0.5, 0.6) is 0 Å². The van der Waals surface area contributed by atoms with Crippen LogP contribution < -0.4 is 5.73 Å². The van der Waals surface area contributed by atoms with Gasteiger partial charge in [0.15, 0.2) is 6.23 Å². The molecule has 0 saturated carbocycles. The summed E-state index contributed by atoms with van der Waals surface area (Å²) in [5.41, 5.74) is 5.30. The second-order valence-electron chi connectivity index (χ2n) is 3.31. The summed E-state index contributed by atoms with van der Waals surface area (Å²) in [7, 11) is 0. The van der Waals surface area contributed by atoms with Gasteiger partial charge in [0.2, 0.25) is 5.95 Å². The predicted octanol–water partition coefficient (Wildman–Crippen LogP) is -2.53. The fourth-order valence-corrected chi connectivity index (χ4v) is 1.51. The van der Waals surface area contributed by atoms with E-state index < -0.39 is 24.5 Å². The first-order chi connectivity index (χ1) is 7.13. The number of nitrogens with two attached hydrogens (primary N) is 1. The van der Waals surface area contributed by atoms with Crippen LogP contribution in [0.25, 0.3) is 0 Å². The molecule has 1 aromatic heterocycles. The highest BCUT2D eigenvalue weighted by atomic mass is 16.6. The third-order valence-corrected chi connectivity index (χ3v) is 2.30. The van der Waals surface area contributed by atoms with Crippen LogP contribution in [0, 0.1) is 0 Å². The van der Waals surface area contributed by atoms with Crippen molar-refractivity contribution in [2.24, 2.45) is 0 Å². The minimum absolute atomic E-state index is 0.0488. The van der Waals surface area contributed by atoms with Gasteiger partial charge in [-0.25, -0.2) is 9.67 Å². The average molecular weight is 216 g/mol. The molecule has 1 fully saturated rings. The van der Waals surface area contributed by atoms with E-state index in [0.717, 1.165) is 0 Å². The molecule has 5 N–H and O–H groups in total. The first kappa shape index (κ1) is 10.3. The Kier molecular flexibility index (Phi) is 2.57. The largest absolute Gasteiger partial charge is 0.394 e. The number of rotatable bonds is 2. The maximum absolute atomic E-state index is 9.61. The number of nitrogen functional groups attached to an aromatic ring is 1. The van der Waals surface area contributed by atoms with Crippen molar-refractivity contribution in [3.8, 4) is 0 Å². The third-order valence-electron chi connectivity index (χ3n) is 2.30. The van der Waals surface area contributed by atoms with Crippen molar-refractivity contribution in [3.05, 3.63) is 6.33 Å². The van der Waals surface area contributed by atoms with E-state index >= 15 is 0 Å². The van der Waals surface area contributed by atoms with Gasteiger partial charge in [0, 0.05) is 0 Å². The molecule has 1 saturated heterocycles. The molecule has 0 aromatic carbocycles. The zero-order chi connectivity index (χ0) is 11.0. The number of aliphatic hydroxyl groups excluding tert-OH is 3. The Balaban J connectivity index is 2.18. The summed E-state index contributed by atoms with van der Waals surface area (Å²) in [6.07, 6.45) is -2.72. The molecule has 8 heteroatoms. The molecule has 8 nitrogen and oxygen atoms in total. The molecule has 15 heavy (non-hydrogen) atoms. The van der Waals surface area contributed by atoms with E-state index in [4.69, 9.17) is 15.6 Å². The van der Waals surface area contributed by atoms with Gasteiger partial charge in [0.05, 0.1) is 6.61 Å². The van der Waals surface area contributed by atoms with Gasteiger partial charge in [-0.15, -0.1) is 5.10 Å². The summed E-state index contributed by atoms with van der Waals surface area (Å²) in [6, 6.07) is 0. The van der Waals surface area contributed by atoms with E-state index in [1.165, 1.54) is 11.0 Å². The summed E-state index contributed by atoms with van der Waals surface area (Å²) in [4.78, 5) is 3.67. The van der Waals surface area contributed by atoms with Crippen LogP contribution in [-0.4, -0.2) is 55.0 Å². The van der Waals surface area contributed by atoms with Gasteiger partial charge in [0.1, 0.15) is 24.6 Å². The molecular weight excluding hydrogens is 204 g/mol. The molecule has 2 rings (SSSR count). The van der Waals surface area contributed by atoms with E-state index in [1.54, 1.807) is 0 Å². The average Bonchev–Trinajstić information content (AvgIpc) is 2.74. The number of aliphatic hydroxyl groups is 3. The van der Waals surface area contributed by atoms with E-state index in [2.05, 4.69) is 10.1 Å². The molecular formula is C7H12N4O4. The lowest BCUT2D eigenvalue weighted by atomic mass is 10.1. The van der Waals surface area contributed by atoms with Gasteiger partial charge >= 0.3 is 0 Å². The van der Waals surface area contributed by atoms with Crippen LogP contribution in [0.2, 0.25) is 0 Å². The third kappa shape index (κ3) is 1.67. The summed E-state index contributed by atoms with van der Waals surface area (Å²) >= 11 is 0. The van der Waals surface area contributed by atoms with Crippen molar-refractivity contribution in [3.63, 3.8) is 0 Å². The van der Waals surface area contributed by atoms with Crippen LogP contribution in [0.15, 0.2) is 6.33 Å². The van der Waals surface area contributed by atoms with Crippen LogP contribution in [-0.2, 0) is 4.74 Å². The lowest BCUT2D eigenvalue weighted by Gasteiger charge is -2.13. The Labute approximate surface area is 84.9 Å². The van der Waals surface area contributed by atoms with Gasteiger partial charge in [-0.05, 0) is 0 Å². The summed E-state index contributed by atoms with van der Waals surface area (Å²) in [5, 5.41) is 31.7. The quantitative estimate of drug-likeness (QED) is 0.429. The van der Waals surface area contributed by atoms with Crippen LogP contribution in [0.3, 0.4) is 0 Å². The molecule has 0 spiro atoms. The van der Waals surface area contributed by atoms with Crippen molar-refractivity contribution in [2.75, 3.05) is 12.3 Å².